The number of benzene rings is 2. The lowest BCUT2D eigenvalue weighted by Gasteiger charge is -2.20. The molecular formula is C20H27N. The average Bonchev–Trinajstić information content (AvgIpc) is 2.51. The molecule has 112 valence electrons. The first-order valence-corrected chi connectivity index (χ1v) is 7.96. The van der Waals surface area contributed by atoms with Crippen molar-refractivity contribution in [2.24, 2.45) is 0 Å². The Bertz CT molecular complexity index is 613. The summed E-state index contributed by atoms with van der Waals surface area (Å²) in [5, 5.41) is 3.47. The Morgan fingerprint density at radius 1 is 0.810 bits per heavy atom. The highest BCUT2D eigenvalue weighted by molar-refractivity contribution is 5.40. The fourth-order valence-electron chi connectivity index (χ4n) is 2.97. The SMILES string of the molecule is CCc1ccc(C(NC)c2ccc(C)c(C)c2)cc1CC. The lowest BCUT2D eigenvalue weighted by molar-refractivity contribution is 0.689. The topological polar surface area (TPSA) is 12.0 Å². The predicted molar refractivity (Wildman–Crippen MR) is 92.0 cm³/mol. The third kappa shape index (κ3) is 3.36. The molecule has 0 saturated heterocycles. The normalized spacial score (nSPS) is 12.4. The van der Waals surface area contributed by atoms with Gasteiger partial charge in [-0.15, -0.1) is 0 Å². The van der Waals surface area contributed by atoms with Gasteiger partial charge in [-0.25, -0.2) is 0 Å². The second-order valence-corrected chi connectivity index (χ2v) is 5.80. The van der Waals surface area contributed by atoms with Crippen LogP contribution in [0, 0.1) is 13.8 Å². The molecule has 0 heterocycles. The number of aryl methyl sites for hydroxylation is 4. The number of hydrogen-bond acceptors (Lipinski definition) is 1. The molecule has 21 heavy (non-hydrogen) atoms. The molecule has 0 fully saturated rings. The van der Waals surface area contributed by atoms with Crippen LogP contribution >= 0.6 is 0 Å². The third-order valence-corrected chi connectivity index (χ3v) is 4.48. The van der Waals surface area contributed by atoms with E-state index in [9.17, 15) is 0 Å². The van der Waals surface area contributed by atoms with E-state index in [4.69, 9.17) is 0 Å². The van der Waals surface area contributed by atoms with Crippen molar-refractivity contribution in [1.29, 1.82) is 0 Å². The van der Waals surface area contributed by atoms with Crippen molar-refractivity contribution < 1.29 is 0 Å². The van der Waals surface area contributed by atoms with Crippen LogP contribution in [0.1, 0.15) is 53.3 Å². The molecular weight excluding hydrogens is 254 g/mol. The maximum Gasteiger partial charge on any atom is 0.0574 e. The fourth-order valence-corrected chi connectivity index (χ4v) is 2.97. The number of rotatable bonds is 5. The summed E-state index contributed by atoms with van der Waals surface area (Å²) in [6.45, 7) is 8.82. The smallest absolute Gasteiger partial charge is 0.0574 e. The van der Waals surface area contributed by atoms with Gasteiger partial charge in [-0.1, -0.05) is 50.2 Å². The van der Waals surface area contributed by atoms with E-state index in [1.54, 1.807) is 0 Å². The molecule has 1 unspecified atom stereocenters. The lowest BCUT2D eigenvalue weighted by Crippen LogP contribution is -2.18. The molecule has 1 heteroatoms. The maximum absolute atomic E-state index is 3.47. The molecule has 0 aliphatic carbocycles. The van der Waals surface area contributed by atoms with Gasteiger partial charge >= 0.3 is 0 Å². The highest BCUT2D eigenvalue weighted by atomic mass is 14.9. The quantitative estimate of drug-likeness (QED) is 0.835. The van der Waals surface area contributed by atoms with E-state index in [1.807, 2.05) is 7.05 Å². The summed E-state index contributed by atoms with van der Waals surface area (Å²) in [5.74, 6) is 0. The highest BCUT2D eigenvalue weighted by Gasteiger charge is 2.14. The molecule has 0 aromatic heterocycles. The molecule has 2 aromatic rings. The largest absolute Gasteiger partial charge is 0.309 e. The van der Waals surface area contributed by atoms with Gasteiger partial charge in [0.1, 0.15) is 0 Å². The van der Waals surface area contributed by atoms with Crippen LogP contribution in [0.5, 0.6) is 0 Å². The molecule has 2 aromatic carbocycles. The van der Waals surface area contributed by atoms with Gasteiger partial charge < -0.3 is 5.32 Å². The Morgan fingerprint density at radius 2 is 1.43 bits per heavy atom. The monoisotopic (exact) mass is 281 g/mol. The van der Waals surface area contributed by atoms with Crippen molar-refractivity contribution in [3.05, 3.63) is 69.8 Å². The van der Waals surface area contributed by atoms with Crippen molar-refractivity contribution in [3.8, 4) is 0 Å². The van der Waals surface area contributed by atoms with E-state index in [0.29, 0.717) is 0 Å². The Morgan fingerprint density at radius 3 is 2.00 bits per heavy atom. The minimum atomic E-state index is 0.264. The highest BCUT2D eigenvalue weighted by Crippen LogP contribution is 2.26. The van der Waals surface area contributed by atoms with Crippen LogP contribution in [-0.2, 0) is 12.8 Å². The van der Waals surface area contributed by atoms with Crippen molar-refractivity contribution >= 4 is 0 Å². The molecule has 1 N–H and O–H groups in total. The van der Waals surface area contributed by atoms with Crippen LogP contribution in [0.15, 0.2) is 36.4 Å². The lowest BCUT2D eigenvalue weighted by atomic mass is 9.92. The average molecular weight is 281 g/mol. The van der Waals surface area contributed by atoms with E-state index in [-0.39, 0.29) is 6.04 Å². The van der Waals surface area contributed by atoms with E-state index >= 15 is 0 Å². The molecule has 0 radical (unpaired) electrons. The number of hydrogen-bond donors (Lipinski definition) is 1. The first-order chi connectivity index (χ1) is 10.1. The summed E-state index contributed by atoms with van der Waals surface area (Å²) >= 11 is 0. The van der Waals surface area contributed by atoms with Gasteiger partial charge in [0.25, 0.3) is 0 Å². The van der Waals surface area contributed by atoms with Crippen molar-refractivity contribution in [1.82, 2.24) is 5.32 Å². The van der Waals surface area contributed by atoms with Crippen LogP contribution in [0.3, 0.4) is 0 Å². The summed E-state index contributed by atoms with van der Waals surface area (Å²) < 4.78 is 0. The first-order valence-electron chi connectivity index (χ1n) is 7.96. The van der Waals surface area contributed by atoms with Crippen molar-refractivity contribution in [2.75, 3.05) is 7.05 Å². The Balaban J connectivity index is 2.43. The van der Waals surface area contributed by atoms with Crippen LogP contribution in [-0.4, -0.2) is 7.05 Å². The van der Waals surface area contributed by atoms with Gasteiger partial charge in [0, 0.05) is 0 Å². The van der Waals surface area contributed by atoms with Crippen molar-refractivity contribution in [2.45, 2.75) is 46.6 Å². The molecule has 0 saturated carbocycles. The zero-order valence-corrected chi connectivity index (χ0v) is 14.0. The third-order valence-electron chi connectivity index (χ3n) is 4.48. The van der Waals surface area contributed by atoms with Crippen molar-refractivity contribution in [3.63, 3.8) is 0 Å². The van der Waals surface area contributed by atoms with Crippen LogP contribution < -0.4 is 5.32 Å². The van der Waals surface area contributed by atoms with Crippen LogP contribution in [0.4, 0.5) is 0 Å². The predicted octanol–water partition coefficient (Wildman–Crippen LogP) is 4.74. The molecule has 1 nitrogen and oxygen atoms in total. The molecule has 0 aliphatic heterocycles. The summed E-state index contributed by atoms with van der Waals surface area (Å²) in [6.07, 6.45) is 2.21. The van der Waals surface area contributed by atoms with Gasteiger partial charge in [0.05, 0.1) is 6.04 Å². The standard InChI is InChI=1S/C20H27N/c1-6-16-10-11-19(13-17(16)7-2)20(21-5)18-9-8-14(3)15(4)12-18/h8-13,20-21H,6-7H2,1-5H3. The molecule has 0 spiro atoms. The van der Waals surface area contributed by atoms with Crippen LogP contribution in [0.25, 0.3) is 0 Å². The molecule has 1 atom stereocenters. The molecule has 0 aliphatic rings. The Hall–Kier alpha value is -1.60. The minimum Gasteiger partial charge on any atom is -0.309 e. The molecule has 0 bridgehead atoms. The van der Waals surface area contributed by atoms with E-state index in [1.165, 1.54) is 33.4 Å². The minimum absolute atomic E-state index is 0.264. The summed E-state index contributed by atoms with van der Waals surface area (Å²) in [4.78, 5) is 0. The van der Waals surface area contributed by atoms with Gasteiger partial charge in [-0.3, -0.25) is 0 Å². The zero-order valence-electron chi connectivity index (χ0n) is 14.0. The summed E-state index contributed by atoms with van der Waals surface area (Å²) in [7, 11) is 2.04. The van der Waals surface area contributed by atoms with E-state index in [2.05, 4.69) is 69.4 Å². The second kappa shape index (κ2) is 6.91. The van der Waals surface area contributed by atoms with Crippen LogP contribution in [0.2, 0.25) is 0 Å². The zero-order chi connectivity index (χ0) is 15.4. The van der Waals surface area contributed by atoms with Gasteiger partial charge in [-0.2, -0.15) is 0 Å². The summed E-state index contributed by atoms with van der Waals surface area (Å²) in [5.41, 5.74) is 8.34. The van der Waals surface area contributed by atoms with E-state index < -0.39 is 0 Å². The Kier molecular flexibility index (Phi) is 5.19. The maximum atomic E-state index is 3.47. The Labute approximate surface area is 129 Å². The fraction of sp³-hybridized carbons (Fsp3) is 0.400. The van der Waals surface area contributed by atoms with Gasteiger partial charge in [-0.05, 0) is 67.1 Å². The second-order valence-electron chi connectivity index (χ2n) is 5.80. The van der Waals surface area contributed by atoms with Gasteiger partial charge in [0.15, 0.2) is 0 Å². The van der Waals surface area contributed by atoms with E-state index in [0.717, 1.165) is 12.8 Å². The molecule has 0 amide bonds. The molecule has 2 rings (SSSR count). The summed E-state index contributed by atoms with van der Waals surface area (Å²) in [6, 6.07) is 14.0. The van der Waals surface area contributed by atoms with Gasteiger partial charge in [0.2, 0.25) is 0 Å². The first kappa shape index (κ1) is 15.8. The number of nitrogens with one attached hydrogen (secondary N) is 1.